The number of nitrogens with one attached hydrogen (secondary N) is 1. The molecule has 1 unspecified atom stereocenters. The fourth-order valence-electron chi connectivity index (χ4n) is 1.65. The van der Waals surface area contributed by atoms with E-state index in [1.807, 2.05) is 4.68 Å². The highest BCUT2D eigenvalue weighted by Gasteiger charge is 2.07. The minimum absolute atomic E-state index is 0.158. The van der Waals surface area contributed by atoms with Crippen LogP contribution in [0.4, 0.5) is 0 Å². The number of aryl methyl sites for hydroxylation is 2. The van der Waals surface area contributed by atoms with Gasteiger partial charge in [0.15, 0.2) is 0 Å². The van der Waals surface area contributed by atoms with Gasteiger partial charge in [0.2, 0.25) is 0 Å². The fourth-order valence-corrected chi connectivity index (χ4v) is 1.65. The second-order valence-corrected chi connectivity index (χ2v) is 3.80. The first kappa shape index (κ1) is 12.8. The van der Waals surface area contributed by atoms with E-state index in [-0.39, 0.29) is 6.04 Å². The molecule has 0 amide bonds. The van der Waals surface area contributed by atoms with E-state index in [2.05, 4.69) is 43.2 Å². The lowest BCUT2D eigenvalue weighted by molar-refractivity contribution is 0.542. The highest BCUT2D eigenvalue weighted by atomic mass is 15.3. The highest BCUT2D eigenvalue weighted by Crippen LogP contribution is 2.06. The molecule has 1 atom stereocenters. The molecule has 0 aliphatic rings. The summed E-state index contributed by atoms with van der Waals surface area (Å²) in [5.41, 5.74) is 2.36. The largest absolute Gasteiger partial charge is 0.298 e. The number of hydrogen-bond acceptors (Lipinski definition) is 2. The van der Waals surface area contributed by atoms with Crippen LogP contribution in [-0.2, 0) is 19.5 Å². The maximum atomic E-state index is 5.41. The SMILES string of the molecule is C#CC(CC)NCc1cc(CC)nn1CC. The number of rotatable bonds is 6. The van der Waals surface area contributed by atoms with Gasteiger partial charge in [-0.15, -0.1) is 6.42 Å². The van der Waals surface area contributed by atoms with Gasteiger partial charge in [0.1, 0.15) is 0 Å². The van der Waals surface area contributed by atoms with Gasteiger partial charge in [-0.05, 0) is 25.8 Å². The van der Waals surface area contributed by atoms with Crippen LogP contribution in [0.2, 0.25) is 0 Å². The Morgan fingerprint density at radius 3 is 2.75 bits per heavy atom. The van der Waals surface area contributed by atoms with Crippen molar-refractivity contribution in [1.29, 1.82) is 0 Å². The Morgan fingerprint density at radius 1 is 1.50 bits per heavy atom. The Bertz CT molecular complexity index is 360. The van der Waals surface area contributed by atoms with Gasteiger partial charge in [0.25, 0.3) is 0 Å². The molecule has 0 bridgehead atoms. The molecular weight excluding hydrogens is 198 g/mol. The summed E-state index contributed by atoms with van der Waals surface area (Å²) >= 11 is 0. The van der Waals surface area contributed by atoms with Crippen molar-refractivity contribution in [2.45, 2.75) is 52.7 Å². The zero-order valence-corrected chi connectivity index (χ0v) is 10.5. The summed E-state index contributed by atoms with van der Waals surface area (Å²) in [6.07, 6.45) is 7.35. The molecule has 16 heavy (non-hydrogen) atoms. The monoisotopic (exact) mass is 219 g/mol. The third kappa shape index (κ3) is 3.11. The summed E-state index contributed by atoms with van der Waals surface area (Å²) < 4.78 is 2.04. The van der Waals surface area contributed by atoms with Gasteiger partial charge in [-0.1, -0.05) is 19.8 Å². The summed E-state index contributed by atoms with van der Waals surface area (Å²) in [6.45, 7) is 8.02. The van der Waals surface area contributed by atoms with Crippen LogP contribution in [-0.4, -0.2) is 15.8 Å². The molecule has 88 valence electrons. The van der Waals surface area contributed by atoms with Gasteiger partial charge in [-0.3, -0.25) is 10.00 Å². The second kappa shape index (κ2) is 6.34. The maximum absolute atomic E-state index is 5.41. The van der Waals surface area contributed by atoms with E-state index in [9.17, 15) is 0 Å². The Kier molecular flexibility index (Phi) is 5.07. The minimum Gasteiger partial charge on any atom is -0.298 e. The molecule has 0 spiro atoms. The molecule has 0 saturated heterocycles. The van der Waals surface area contributed by atoms with Crippen molar-refractivity contribution in [2.75, 3.05) is 0 Å². The molecule has 0 aromatic carbocycles. The van der Waals surface area contributed by atoms with Gasteiger partial charge in [0, 0.05) is 13.1 Å². The molecule has 3 nitrogen and oxygen atoms in total. The van der Waals surface area contributed by atoms with E-state index in [1.54, 1.807) is 0 Å². The van der Waals surface area contributed by atoms with Crippen LogP contribution in [0, 0.1) is 12.3 Å². The van der Waals surface area contributed by atoms with Crippen LogP contribution in [0.25, 0.3) is 0 Å². The van der Waals surface area contributed by atoms with Crippen LogP contribution in [0.3, 0.4) is 0 Å². The molecule has 1 rings (SSSR count). The number of aromatic nitrogens is 2. The predicted octanol–water partition coefficient (Wildman–Crippen LogP) is 1.97. The van der Waals surface area contributed by atoms with Crippen LogP contribution in [0.1, 0.15) is 38.6 Å². The van der Waals surface area contributed by atoms with Crippen LogP contribution < -0.4 is 5.32 Å². The van der Waals surface area contributed by atoms with Crippen molar-refractivity contribution in [1.82, 2.24) is 15.1 Å². The van der Waals surface area contributed by atoms with E-state index in [0.29, 0.717) is 0 Å². The van der Waals surface area contributed by atoms with Gasteiger partial charge in [-0.25, -0.2) is 0 Å². The normalized spacial score (nSPS) is 12.4. The fraction of sp³-hybridized carbons (Fsp3) is 0.615. The van der Waals surface area contributed by atoms with E-state index >= 15 is 0 Å². The molecule has 1 aromatic heterocycles. The van der Waals surface area contributed by atoms with E-state index < -0.39 is 0 Å². The average molecular weight is 219 g/mol. The predicted molar refractivity (Wildman–Crippen MR) is 67.0 cm³/mol. The van der Waals surface area contributed by atoms with Gasteiger partial charge in [0.05, 0.1) is 17.4 Å². The summed E-state index contributed by atoms with van der Waals surface area (Å²) in [5, 5.41) is 7.85. The topological polar surface area (TPSA) is 29.9 Å². The van der Waals surface area contributed by atoms with Gasteiger partial charge in [-0.2, -0.15) is 5.10 Å². The smallest absolute Gasteiger partial charge is 0.0687 e. The first-order valence-electron chi connectivity index (χ1n) is 6.00. The number of hydrogen-bond donors (Lipinski definition) is 1. The molecule has 0 saturated carbocycles. The minimum atomic E-state index is 0.158. The molecule has 0 radical (unpaired) electrons. The quantitative estimate of drug-likeness (QED) is 0.741. The summed E-state index contributed by atoms with van der Waals surface area (Å²) in [7, 11) is 0. The first-order chi connectivity index (χ1) is 7.74. The second-order valence-electron chi connectivity index (χ2n) is 3.80. The lowest BCUT2D eigenvalue weighted by Crippen LogP contribution is -2.27. The summed E-state index contributed by atoms with van der Waals surface area (Å²) in [5.74, 6) is 2.74. The third-order valence-corrected chi connectivity index (χ3v) is 2.71. The van der Waals surface area contributed by atoms with Gasteiger partial charge < -0.3 is 0 Å². The van der Waals surface area contributed by atoms with E-state index in [0.717, 1.165) is 31.6 Å². The van der Waals surface area contributed by atoms with E-state index in [1.165, 1.54) is 5.69 Å². The zero-order chi connectivity index (χ0) is 12.0. The van der Waals surface area contributed by atoms with Crippen molar-refractivity contribution >= 4 is 0 Å². The molecule has 0 fully saturated rings. The first-order valence-corrected chi connectivity index (χ1v) is 6.00. The molecule has 1 N–H and O–H groups in total. The van der Waals surface area contributed by atoms with Crippen molar-refractivity contribution in [3.63, 3.8) is 0 Å². The molecular formula is C13H21N3. The zero-order valence-electron chi connectivity index (χ0n) is 10.5. The maximum Gasteiger partial charge on any atom is 0.0687 e. The van der Waals surface area contributed by atoms with Crippen LogP contribution >= 0.6 is 0 Å². The molecule has 1 heterocycles. The molecule has 3 heteroatoms. The Morgan fingerprint density at radius 2 is 2.25 bits per heavy atom. The molecule has 0 aliphatic carbocycles. The highest BCUT2D eigenvalue weighted by molar-refractivity contribution is 5.11. The van der Waals surface area contributed by atoms with Crippen LogP contribution in [0.5, 0.6) is 0 Å². The Labute approximate surface area is 98.2 Å². The average Bonchev–Trinajstić information content (AvgIpc) is 2.73. The van der Waals surface area contributed by atoms with Crippen molar-refractivity contribution in [2.24, 2.45) is 0 Å². The van der Waals surface area contributed by atoms with E-state index in [4.69, 9.17) is 6.42 Å². The Hall–Kier alpha value is -1.27. The van der Waals surface area contributed by atoms with Crippen LogP contribution in [0.15, 0.2) is 6.07 Å². The standard InChI is InChI=1S/C13H21N3/c1-5-11(6-2)14-10-13-9-12(7-3)15-16(13)8-4/h1,9,11,14H,6-8,10H2,2-4H3. The summed E-state index contributed by atoms with van der Waals surface area (Å²) in [4.78, 5) is 0. The van der Waals surface area contributed by atoms with Crippen molar-refractivity contribution in [3.8, 4) is 12.3 Å². The lowest BCUT2D eigenvalue weighted by Gasteiger charge is -2.11. The third-order valence-electron chi connectivity index (χ3n) is 2.71. The molecule has 0 aliphatic heterocycles. The number of nitrogens with zero attached hydrogens (tertiary/aromatic N) is 2. The summed E-state index contributed by atoms with van der Waals surface area (Å²) in [6, 6.07) is 2.31. The van der Waals surface area contributed by atoms with Crippen molar-refractivity contribution < 1.29 is 0 Å². The molecule has 1 aromatic rings. The van der Waals surface area contributed by atoms with Crippen molar-refractivity contribution in [3.05, 3.63) is 17.5 Å². The van der Waals surface area contributed by atoms with Gasteiger partial charge >= 0.3 is 0 Å². The lowest BCUT2D eigenvalue weighted by atomic mass is 10.2. The Balaban J connectivity index is 2.65. The number of terminal acetylenes is 1.